The van der Waals surface area contributed by atoms with Crippen molar-refractivity contribution in [2.24, 2.45) is 0 Å². The largest absolute Gasteiger partial charge is 0.496 e. The number of hydrogen-bond donors (Lipinski definition) is 2. The highest BCUT2D eigenvalue weighted by Crippen LogP contribution is 2.32. The van der Waals surface area contributed by atoms with Gasteiger partial charge in [-0.15, -0.1) is 0 Å². The van der Waals surface area contributed by atoms with Crippen molar-refractivity contribution in [2.75, 3.05) is 20.0 Å². The van der Waals surface area contributed by atoms with Crippen molar-refractivity contribution in [1.29, 1.82) is 0 Å². The number of methoxy groups -OCH3 is 2. The third-order valence-corrected chi connectivity index (χ3v) is 3.05. The molecular weight excluding hydrogens is 272 g/mol. The Morgan fingerprint density at radius 1 is 1.19 bits per heavy atom. The van der Waals surface area contributed by atoms with E-state index in [-0.39, 0.29) is 23.7 Å². The van der Waals surface area contributed by atoms with Crippen molar-refractivity contribution in [1.82, 2.24) is 5.32 Å². The number of carbonyl (C=O) groups is 1. The van der Waals surface area contributed by atoms with Gasteiger partial charge in [-0.25, -0.2) is 0 Å². The number of aryl methyl sites for hydroxylation is 1. The third-order valence-electron chi connectivity index (χ3n) is 3.05. The number of hydrogen-bond acceptors (Lipinski definition) is 5. The van der Waals surface area contributed by atoms with Crippen LogP contribution in [0.5, 0.6) is 11.5 Å². The van der Waals surface area contributed by atoms with E-state index in [0.29, 0.717) is 17.3 Å². The number of carbonyl (C=O) groups excluding carboxylic acids is 1. The summed E-state index contributed by atoms with van der Waals surface area (Å²) in [5.41, 5.74) is 6.45. The molecule has 0 bridgehead atoms. The summed E-state index contributed by atoms with van der Waals surface area (Å²) in [6.07, 6.45) is 0. The number of nitrogens with two attached hydrogens (primary N) is 1. The minimum absolute atomic E-state index is 0.241. The van der Waals surface area contributed by atoms with Crippen molar-refractivity contribution < 1.29 is 18.7 Å². The van der Waals surface area contributed by atoms with Crippen LogP contribution in [0.15, 0.2) is 28.7 Å². The molecule has 0 fully saturated rings. The highest BCUT2D eigenvalue weighted by molar-refractivity contribution is 6.03. The zero-order valence-corrected chi connectivity index (χ0v) is 12.2. The minimum Gasteiger partial charge on any atom is -0.496 e. The molecule has 1 heterocycles. The van der Waals surface area contributed by atoms with Crippen LogP contribution >= 0.6 is 0 Å². The lowest BCUT2D eigenvalue weighted by Gasteiger charge is -2.14. The van der Waals surface area contributed by atoms with E-state index in [4.69, 9.17) is 19.6 Å². The quantitative estimate of drug-likeness (QED) is 0.824. The Kier molecular flexibility index (Phi) is 4.37. The predicted octanol–water partition coefficient (Wildman–Crippen LogP) is 2.12. The molecule has 0 saturated carbocycles. The van der Waals surface area contributed by atoms with Crippen LogP contribution in [0.2, 0.25) is 0 Å². The normalized spacial score (nSPS) is 10.2. The van der Waals surface area contributed by atoms with E-state index in [0.717, 1.165) is 5.76 Å². The van der Waals surface area contributed by atoms with Gasteiger partial charge < -0.3 is 24.9 Å². The van der Waals surface area contributed by atoms with E-state index in [9.17, 15) is 4.79 Å². The van der Waals surface area contributed by atoms with E-state index in [2.05, 4.69) is 5.32 Å². The van der Waals surface area contributed by atoms with E-state index >= 15 is 0 Å². The molecule has 2 aromatic rings. The van der Waals surface area contributed by atoms with Gasteiger partial charge in [0, 0.05) is 0 Å². The summed E-state index contributed by atoms with van der Waals surface area (Å²) in [6, 6.07) is 6.94. The first-order valence-corrected chi connectivity index (χ1v) is 6.40. The van der Waals surface area contributed by atoms with Crippen LogP contribution < -0.4 is 20.5 Å². The zero-order chi connectivity index (χ0) is 15.4. The maximum Gasteiger partial charge on any atom is 0.257 e. The van der Waals surface area contributed by atoms with Gasteiger partial charge >= 0.3 is 0 Å². The van der Waals surface area contributed by atoms with E-state index < -0.39 is 0 Å². The number of nitrogens with one attached hydrogen (secondary N) is 1. The second-order valence-corrected chi connectivity index (χ2v) is 4.45. The summed E-state index contributed by atoms with van der Waals surface area (Å²) in [5.74, 6) is 1.92. The van der Waals surface area contributed by atoms with Crippen LogP contribution in [-0.4, -0.2) is 20.1 Å². The molecule has 1 amide bonds. The summed E-state index contributed by atoms with van der Waals surface area (Å²) in [7, 11) is 2.97. The molecule has 0 spiro atoms. The summed E-state index contributed by atoms with van der Waals surface area (Å²) in [6.45, 7) is 2.11. The number of ether oxygens (including phenoxy) is 2. The Labute approximate surface area is 122 Å². The topological polar surface area (TPSA) is 86.7 Å². The van der Waals surface area contributed by atoms with E-state index in [1.165, 1.54) is 14.2 Å². The smallest absolute Gasteiger partial charge is 0.257 e. The number of anilines is 1. The maximum absolute atomic E-state index is 12.3. The molecule has 3 N–H and O–H groups in total. The molecule has 2 rings (SSSR count). The molecule has 112 valence electrons. The fourth-order valence-electron chi connectivity index (χ4n) is 2.00. The second kappa shape index (κ2) is 6.21. The average Bonchev–Trinajstić information content (AvgIpc) is 2.90. The Balaban J connectivity index is 2.21. The first kappa shape index (κ1) is 14.8. The number of benzene rings is 1. The highest BCUT2D eigenvalue weighted by atomic mass is 16.5. The van der Waals surface area contributed by atoms with Gasteiger partial charge in [0.2, 0.25) is 0 Å². The first-order valence-electron chi connectivity index (χ1n) is 6.40. The lowest BCUT2D eigenvalue weighted by Crippen LogP contribution is -2.24. The van der Waals surface area contributed by atoms with Crippen LogP contribution in [0.4, 0.5) is 5.69 Å². The standard InChI is InChI=1S/C15H18N2O4/c1-9-4-5-10(21-9)8-17-15(18)13-11(19-2)6-7-12(20-3)14(13)16/h4-7H,8,16H2,1-3H3,(H,17,18). The molecule has 1 aromatic heterocycles. The Bertz CT molecular complexity index is 649. The molecule has 0 saturated heterocycles. The van der Waals surface area contributed by atoms with Crippen LogP contribution in [-0.2, 0) is 6.54 Å². The van der Waals surface area contributed by atoms with Crippen LogP contribution in [0.1, 0.15) is 21.9 Å². The molecule has 21 heavy (non-hydrogen) atoms. The van der Waals surface area contributed by atoms with Gasteiger partial charge in [-0.1, -0.05) is 0 Å². The fourth-order valence-corrected chi connectivity index (χ4v) is 2.00. The van der Waals surface area contributed by atoms with Gasteiger partial charge in [-0.3, -0.25) is 4.79 Å². The molecule has 6 heteroatoms. The molecule has 0 aliphatic heterocycles. The molecule has 1 aromatic carbocycles. The first-order chi connectivity index (χ1) is 10.1. The van der Waals surface area contributed by atoms with Crippen molar-refractivity contribution in [3.63, 3.8) is 0 Å². The zero-order valence-electron chi connectivity index (χ0n) is 12.2. The van der Waals surface area contributed by atoms with E-state index in [1.807, 2.05) is 19.1 Å². The maximum atomic E-state index is 12.3. The molecular formula is C15H18N2O4. The Morgan fingerprint density at radius 3 is 2.43 bits per heavy atom. The molecule has 0 atom stereocenters. The van der Waals surface area contributed by atoms with Crippen molar-refractivity contribution >= 4 is 11.6 Å². The van der Waals surface area contributed by atoms with Gasteiger partial charge in [-0.05, 0) is 31.2 Å². The number of rotatable bonds is 5. The number of amides is 1. The van der Waals surface area contributed by atoms with Gasteiger partial charge in [0.1, 0.15) is 28.6 Å². The Morgan fingerprint density at radius 2 is 1.86 bits per heavy atom. The highest BCUT2D eigenvalue weighted by Gasteiger charge is 2.19. The van der Waals surface area contributed by atoms with Gasteiger partial charge in [-0.2, -0.15) is 0 Å². The van der Waals surface area contributed by atoms with Crippen molar-refractivity contribution in [3.05, 3.63) is 41.3 Å². The van der Waals surface area contributed by atoms with Crippen molar-refractivity contribution in [3.8, 4) is 11.5 Å². The fraction of sp³-hybridized carbons (Fsp3) is 0.267. The molecule has 0 radical (unpaired) electrons. The average molecular weight is 290 g/mol. The summed E-state index contributed by atoms with van der Waals surface area (Å²) >= 11 is 0. The Hall–Kier alpha value is -2.63. The minimum atomic E-state index is -0.350. The lowest BCUT2D eigenvalue weighted by molar-refractivity contribution is 0.0945. The third kappa shape index (κ3) is 3.10. The summed E-state index contributed by atoms with van der Waals surface area (Å²) in [5, 5.41) is 2.75. The van der Waals surface area contributed by atoms with Crippen LogP contribution in [0, 0.1) is 6.92 Å². The van der Waals surface area contributed by atoms with Crippen LogP contribution in [0.3, 0.4) is 0 Å². The van der Waals surface area contributed by atoms with Crippen LogP contribution in [0.25, 0.3) is 0 Å². The monoisotopic (exact) mass is 290 g/mol. The SMILES string of the molecule is COc1ccc(OC)c(C(=O)NCc2ccc(C)o2)c1N. The van der Waals surface area contributed by atoms with Gasteiger partial charge in [0.15, 0.2) is 0 Å². The number of furan rings is 1. The second-order valence-electron chi connectivity index (χ2n) is 4.45. The summed E-state index contributed by atoms with van der Waals surface area (Å²) in [4.78, 5) is 12.3. The van der Waals surface area contributed by atoms with E-state index in [1.54, 1.807) is 12.1 Å². The van der Waals surface area contributed by atoms with Crippen molar-refractivity contribution in [2.45, 2.75) is 13.5 Å². The lowest BCUT2D eigenvalue weighted by atomic mass is 10.1. The summed E-state index contributed by atoms with van der Waals surface area (Å²) < 4.78 is 15.7. The molecule has 0 unspecified atom stereocenters. The predicted molar refractivity (Wildman–Crippen MR) is 78.6 cm³/mol. The van der Waals surface area contributed by atoms with Gasteiger partial charge in [0.25, 0.3) is 5.91 Å². The number of nitrogen functional groups attached to an aromatic ring is 1. The van der Waals surface area contributed by atoms with Gasteiger partial charge in [0.05, 0.1) is 26.5 Å². The molecule has 0 aliphatic rings. The molecule has 0 aliphatic carbocycles. The molecule has 6 nitrogen and oxygen atoms in total.